The summed E-state index contributed by atoms with van der Waals surface area (Å²) in [6, 6.07) is 5.42. The molecule has 1 fully saturated rings. The summed E-state index contributed by atoms with van der Waals surface area (Å²) in [5.41, 5.74) is 0.363. The van der Waals surface area contributed by atoms with E-state index < -0.39 is 35.8 Å². The summed E-state index contributed by atoms with van der Waals surface area (Å²) >= 11 is 1.23. The number of amides is 1. The van der Waals surface area contributed by atoms with E-state index in [2.05, 4.69) is 10.1 Å². The lowest BCUT2D eigenvalue weighted by molar-refractivity contribution is -0.274. The zero-order valence-corrected chi connectivity index (χ0v) is 20.3. The van der Waals surface area contributed by atoms with Crippen LogP contribution in [0.1, 0.15) is 54.4 Å². The average Bonchev–Trinajstić information content (AvgIpc) is 3.36. The first-order valence-electron chi connectivity index (χ1n) is 11.2. The van der Waals surface area contributed by atoms with Crippen molar-refractivity contribution in [1.82, 2.24) is 4.90 Å². The van der Waals surface area contributed by atoms with Crippen molar-refractivity contribution in [2.24, 2.45) is 5.92 Å². The van der Waals surface area contributed by atoms with Gasteiger partial charge in [-0.1, -0.05) is 20.8 Å². The van der Waals surface area contributed by atoms with E-state index in [-0.39, 0.29) is 29.6 Å². The molecule has 2 heterocycles. The summed E-state index contributed by atoms with van der Waals surface area (Å²) in [6.45, 7) is 5.73. The van der Waals surface area contributed by atoms with Crippen molar-refractivity contribution in [3.8, 4) is 5.75 Å². The highest BCUT2D eigenvalue weighted by atomic mass is 32.1. The predicted molar refractivity (Wildman–Crippen MR) is 125 cm³/mol. The molecular weight excluding hydrogens is 485 g/mol. The van der Waals surface area contributed by atoms with E-state index >= 15 is 0 Å². The molecule has 2 unspecified atom stereocenters. The summed E-state index contributed by atoms with van der Waals surface area (Å²) in [4.78, 5) is 40.2. The number of rotatable bonds is 9. The monoisotopic (exact) mass is 512 g/mol. The molecule has 0 radical (unpaired) electrons. The van der Waals surface area contributed by atoms with Gasteiger partial charge in [-0.2, -0.15) is 0 Å². The summed E-state index contributed by atoms with van der Waals surface area (Å²) in [7, 11) is 0. The van der Waals surface area contributed by atoms with Crippen LogP contribution in [0, 0.1) is 5.92 Å². The quantitative estimate of drug-likeness (QED) is 0.462. The highest BCUT2D eigenvalue weighted by Gasteiger charge is 2.40. The number of likely N-dealkylation sites (tertiary alicyclic amines) is 1. The smallest absolute Gasteiger partial charge is 0.480 e. The molecule has 1 amide bonds. The maximum Gasteiger partial charge on any atom is 0.573 e. The van der Waals surface area contributed by atoms with Gasteiger partial charge in [-0.05, 0) is 55.5 Å². The first-order valence-corrected chi connectivity index (χ1v) is 12.0. The highest BCUT2D eigenvalue weighted by Crippen LogP contribution is 2.33. The lowest BCUT2D eigenvalue weighted by Gasteiger charge is -2.29. The molecule has 1 aromatic heterocycles. The number of hydrogen-bond donors (Lipinski definition) is 2. The number of carboxylic acid groups (broad SMARTS) is 1. The van der Waals surface area contributed by atoms with Crippen LogP contribution in [0.2, 0.25) is 0 Å². The molecule has 2 aromatic rings. The molecule has 7 nitrogen and oxygen atoms in total. The number of halogens is 3. The number of anilines is 1. The zero-order chi connectivity index (χ0) is 25.9. The lowest BCUT2D eigenvalue weighted by atomic mass is 10.0. The molecule has 1 saturated heterocycles. The maximum absolute atomic E-state index is 13.1. The van der Waals surface area contributed by atoms with Gasteiger partial charge in [-0.25, -0.2) is 0 Å². The van der Waals surface area contributed by atoms with Gasteiger partial charge in [0.05, 0.1) is 12.1 Å². The number of thiophene rings is 1. The number of carbonyl (C=O) groups is 3. The molecule has 11 heteroatoms. The SMILES string of the molecule is CCc1cc(C(=O)c2ccc(OC(F)(F)F)cc2)c(NC(=O)CN2C(C(=O)O)CCC2C(C)C)s1. The minimum Gasteiger partial charge on any atom is -0.480 e. The fraction of sp³-hybridized carbons (Fsp3) is 0.458. The molecule has 35 heavy (non-hydrogen) atoms. The lowest BCUT2D eigenvalue weighted by Crippen LogP contribution is -2.46. The topological polar surface area (TPSA) is 95.9 Å². The van der Waals surface area contributed by atoms with Gasteiger partial charge in [0, 0.05) is 16.5 Å². The third kappa shape index (κ3) is 6.61. The minimum absolute atomic E-state index is 0.0464. The normalized spacial score (nSPS) is 18.6. The standard InChI is InChI=1S/C24H27F3N2O5S/c1-4-16-11-17(21(31)14-5-7-15(8-6-14)34-24(25,26)27)22(35-16)28-20(30)12-29-18(13(2)3)9-10-19(29)23(32)33/h5-8,11,13,18-19H,4,9-10,12H2,1-3H3,(H,28,30)(H,32,33). The van der Waals surface area contributed by atoms with Gasteiger partial charge in [0.15, 0.2) is 5.78 Å². The second-order valence-electron chi connectivity index (χ2n) is 8.67. The molecular formula is C24H27F3N2O5S. The Morgan fingerprint density at radius 1 is 1.20 bits per heavy atom. The molecule has 0 spiro atoms. The van der Waals surface area contributed by atoms with Gasteiger partial charge in [0.25, 0.3) is 0 Å². The number of carboxylic acids is 1. The van der Waals surface area contributed by atoms with Gasteiger partial charge in [0.2, 0.25) is 5.91 Å². The number of benzene rings is 1. The van der Waals surface area contributed by atoms with E-state index in [9.17, 15) is 32.7 Å². The highest BCUT2D eigenvalue weighted by molar-refractivity contribution is 7.16. The summed E-state index contributed by atoms with van der Waals surface area (Å²) in [5, 5.41) is 12.6. The van der Waals surface area contributed by atoms with Crippen molar-refractivity contribution in [3.63, 3.8) is 0 Å². The molecule has 2 N–H and O–H groups in total. The van der Waals surface area contributed by atoms with E-state index in [0.29, 0.717) is 24.3 Å². The fourth-order valence-corrected chi connectivity index (χ4v) is 5.28. The average molecular weight is 513 g/mol. The Morgan fingerprint density at radius 3 is 2.40 bits per heavy atom. The van der Waals surface area contributed by atoms with Gasteiger partial charge in [-0.15, -0.1) is 24.5 Å². The van der Waals surface area contributed by atoms with Crippen molar-refractivity contribution in [2.45, 2.75) is 58.5 Å². The number of ketones is 1. The molecule has 2 atom stereocenters. The van der Waals surface area contributed by atoms with Crippen LogP contribution in [-0.2, 0) is 16.0 Å². The number of aliphatic carboxylic acids is 1. The number of carbonyl (C=O) groups excluding carboxylic acids is 2. The van der Waals surface area contributed by atoms with Crippen molar-refractivity contribution in [2.75, 3.05) is 11.9 Å². The molecule has 0 saturated carbocycles. The Morgan fingerprint density at radius 2 is 1.86 bits per heavy atom. The number of nitrogens with one attached hydrogen (secondary N) is 1. The molecule has 190 valence electrons. The van der Waals surface area contributed by atoms with Crippen LogP contribution in [0.3, 0.4) is 0 Å². The maximum atomic E-state index is 13.1. The number of aryl methyl sites for hydroxylation is 1. The largest absolute Gasteiger partial charge is 0.573 e. The Hall–Kier alpha value is -2.92. The van der Waals surface area contributed by atoms with E-state index in [0.717, 1.165) is 17.0 Å². The second-order valence-corrected chi connectivity index (χ2v) is 9.81. The number of nitrogens with zero attached hydrogens (tertiary/aromatic N) is 1. The molecule has 1 aliphatic rings. The van der Waals surface area contributed by atoms with Crippen LogP contribution < -0.4 is 10.1 Å². The van der Waals surface area contributed by atoms with E-state index in [4.69, 9.17) is 0 Å². The summed E-state index contributed by atoms with van der Waals surface area (Å²) in [6.07, 6.45) is -3.08. The van der Waals surface area contributed by atoms with Crippen LogP contribution >= 0.6 is 11.3 Å². The van der Waals surface area contributed by atoms with Crippen molar-refractivity contribution in [1.29, 1.82) is 0 Å². The van der Waals surface area contributed by atoms with Gasteiger partial charge in [0.1, 0.15) is 16.8 Å². The number of hydrogen-bond acceptors (Lipinski definition) is 6. The molecule has 0 aliphatic carbocycles. The number of alkyl halides is 3. The van der Waals surface area contributed by atoms with Crippen LogP contribution in [0.25, 0.3) is 0 Å². The van der Waals surface area contributed by atoms with Crippen molar-refractivity contribution < 1.29 is 37.4 Å². The van der Waals surface area contributed by atoms with Crippen molar-refractivity contribution >= 4 is 34.0 Å². The van der Waals surface area contributed by atoms with Gasteiger partial charge in [-0.3, -0.25) is 19.3 Å². The fourth-order valence-electron chi connectivity index (χ4n) is 4.27. The van der Waals surface area contributed by atoms with Crippen LogP contribution in [-0.4, -0.2) is 52.7 Å². The third-order valence-electron chi connectivity index (χ3n) is 5.92. The van der Waals surface area contributed by atoms with Crippen LogP contribution in [0.15, 0.2) is 30.3 Å². The van der Waals surface area contributed by atoms with Crippen LogP contribution in [0.4, 0.5) is 18.2 Å². The molecule has 0 bridgehead atoms. The molecule has 1 aliphatic heterocycles. The summed E-state index contributed by atoms with van der Waals surface area (Å²) in [5.74, 6) is -2.14. The van der Waals surface area contributed by atoms with Gasteiger partial charge < -0.3 is 15.2 Å². The Balaban J connectivity index is 1.79. The summed E-state index contributed by atoms with van der Waals surface area (Å²) < 4.78 is 41.0. The Kier molecular flexibility index (Phi) is 8.22. The van der Waals surface area contributed by atoms with E-state index in [1.807, 2.05) is 20.8 Å². The molecule has 3 rings (SSSR count). The third-order valence-corrected chi connectivity index (χ3v) is 7.12. The van der Waals surface area contributed by atoms with E-state index in [1.165, 1.54) is 23.5 Å². The van der Waals surface area contributed by atoms with Gasteiger partial charge >= 0.3 is 12.3 Å². The van der Waals surface area contributed by atoms with Crippen LogP contribution in [0.5, 0.6) is 5.75 Å². The molecule has 1 aromatic carbocycles. The van der Waals surface area contributed by atoms with E-state index in [1.54, 1.807) is 11.0 Å². The van der Waals surface area contributed by atoms with Crippen molar-refractivity contribution in [3.05, 3.63) is 46.3 Å². The number of ether oxygens (including phenoxy) is 1. The first kappa shape index (κ1) is 26.7. The second kappa shape index (κ2) is 10.8. The minimum atomic E-state index is -4.84. The Labute approximate surface area is 204 Å². The zero-order valence-electron chi connectivity index (χ0n) is 19.5. The Bertz CT molecular complexity index is 1080. The predicted octanol–water partition coefficient (Wildman–Crippen LogP) is 4.95. The first-order chi connectivity index (χ1) is 16.4.